The van der Waals surface area contributed by atoms with E-state index in [0.717, 1.165) is 5.56 Å². The first-order valence-electron chi connectivity index (χ1n) is 3.77. The van der Waals surface area contributed by atoms with Crippen LogP contribution in [0.3, 0.4) is 0 Å². The van der Waals surface area contributed by atoms with Gasteiger partial charge in [0.25, 0.3) is 0 Å². The second-order valence-corrected chi connectivity index (χ2v) is 2.57. The van der Waals surface area contributed by atoms with Crippen molar-refractivity contribution in [2.75, 3.05) is 13.7 Å². The van der Waals surface area contributed by atoms with E-state index in [0.29, 0.717) is 5.46 Å². The van der Waals surface area contributed by atoms with E-state index >= 15 is 0 Å². The normalized spacial score (nSPS) is 12.8. The van der Waals surface area contributed by atoms with Crippen molar-refractivity contribution in [1.82, 2.24) is 0 Å². The Morgan fingerprint density at radius 2 is 2.00 bits per heavy atom. The molecule has 0 spiro atoms. The molecule has 1 aromatic carbocycles. The molecular formula is C9H11BO2. The van der Waals surface area contributed by atoms with Gasteiger partial charge in [0.05, 0.1) is 6.61 Å². The van der Waals surface area contributed by atoms with Gasteiger partial charge in [-0.05, 0) is 5.56 Å². The molecule has 2 radical (unpaired) electrons. The maximum Gasteiger partial charge on any atom is 0.113 e. The van der Waals surface area contributed by atoms with E-state index < -0.39 is 0 Å². The lowest BCUT2D eigenvalue weighted by Crippen LogP contribution is -2.08. The smallest absolute Gasteiger partial charge is 0.113 e. The summed E-state index contributed by atoms with van der Waals surface area (Å²) in [5, 5.41) is 8.89. The van der Waals surface area contributed by atoms with Gasteiger partial charge in [-0.15, -0.1) is 0 Å². The van der Waals surface area contributed by atoms with Crippen LogP contribution >= 0.6 is 0 Å². The van der Waals surface area contributed by atoms with Crippen LogP contribution in [0.1, 0.15) is 11.7 Å². The zero-order valence-electron chi connectivity index (χ0n) is 7.03. The summed E-state index contributed by atoms with van der Waals surface area (Å²) in [5.74, 6) is 0. The van der Waals surface area contributed by atoms with Crippen LogP contribution in [0.15, 0.2) is 24.3 Å². The second kappa shape index (κ2) is 4.29. The first-order valence-corrected chi connectivity index (χ1v) is 3.77. The maximum atomic E-state index is 8.89. The number of rotatable bonds is 3. The van der Waals surface area contributed by atoms with Crippen LogP contribution in [-0.2, 0) is 4.74 Å². The van der Waals surface area contributed by atoms with E-state index in [9.17, 15) is 0 Å². The molecule has 0 heterocycles. The Hall–Kier alpha value is -0.795. The van der Waals surface area contributed by atoms with Gasteiger partial charge in [-0.3, -0.25) is 0 Å². The number of methoxy groups -OCH3 is 1. The SMILES string of the molecule is [B]c1ccc(C(CO)OC)cc1. The Bertz CT molecular complexity index is 229. The Morgan fingerprint density at radius 3 is 2.42 bits per heavy atom. The van der Waals surface area contributed by atoms with E-state index in [1.165, 1.54) is 0 Å². The fraction of sp³-hybridized carbons (Fsp3) is 0.333. The number of hydrogen-bond acceptors (Lipinski definition) is 2. The molecule has 0 aromatic heterocycles. The van der Waals surface area contributed by atoms with Crippen LogP contribution in [0.5, 0.6) is 0 Å². The van der Waals surface area contributed by atoms with Gasteiger partial charge in [-0.1, -0.05) is 29.7 Å². The molecule has 62 valence electrons. The Labute approximate surface area is 73.6 Å². The molecule has 1 aromatic rings. The zero-order chi connectivity index (χ0) is 8.97. The van der Waals surface area contributed by atoms with Crippen LogP contribution < -0.4 is 5.46 Å². The first kappa shape index (κ1) is 9.29. The lowest BCUT2D eigenvalue weighted by molar-refractivity contribution is 0.0484. The third kappa shape index (κ3) is 2.09. The third-order valence-corrected chi connectivity index (χ3v) is 1.76. The molecule has 12 heavy (non-hydrogen) atoms. The number of hydrogen-bond donors (Lipinski definition) is 1. The van der Waals surface area contributed by atoms with Crippen molar-refractivity contribution in [2.24, 2.45) is 0 Å². The first-order chi connectivity index (χ1) is 5.77. The molecule has 1 rings (SSSR count). The zero-order valence-corrected chi connectivity index (χ0v) is 7.03. The van der Waals surface area contributed by atoms with Crippen LogP contribution in [0, 0.1) is 0 Å². The average molecular weight is 162 g/mol. The largest absolute Gasteiger partial charge is 0.393 e. The highest BCUT2D eigenvalue weighted by molar-refractivity contribution is 6.32. The number of aliphatic hydroxyl groups is 1. The van der Waals surface area contributed by atoms with Crippen molar-refractivity contribution in [1.29, 1.82) is 0 Å². The number of benzene rings is 1. The molecule has 2 nitrogen and oxygen atoms in total. The highest BCUT2D eigenvalue weighted by atomic mass is 16.5. The third-order valence-electron chi connectivity index (χ3n) is 1.76. The molecule has 0 aliphatic carbocycles. The molecule has 0 saturated heterocycles. The van der Waals surface area contributed by atoms with E-state index in [1.54, 1.807) is 19.2 Å². The summed E-state index contributed by atoms with van der Waals surface area (Å²) in [5.41, 5.74) is 1.65. The lowest BCUT2D eigenvalue weighted by Gasteiger charge is -2.12. The maximum absolute atomic E-state index is 8.89. The predicted octanol–water partition coefficient (Wildman–Crippen LogP) is 0.160. The van der Waals surface area contributed by atoms with Crippen molar-refractivity contribution in [2.45, 2.75) is 6.10 Å². The quantitative estimate of drug-likeness (QED) is 0.641. The van der Waals surface area contributed by atoms with Crippen LogP contribution in [-0.4, -0.2) is 26.7 Å². The predicted molar refractivity (Wildman–Crippen MR) is 48.7 cm³/mol. The minimum atomic E-state index is -0.245. The summed E-state index contributed by atoms with van der Waals surface area (Å²) >= 11 is 0. The minimum Gasteiger partial charge on any atom is -0.393 e. The van der Waals surface area contributed by atoms with Crippen LogP contribution in [0.25, 0.3) is 0 Å². The van der Waals surface area contributed by atoms with Crippen molar-refractivity contribution >= 4 is 13.3 Å². The summed E-state index contributed by atoms with van der Waals surface area (Å²) in [6.07, 6.45) is -0.245. The average Bonchev–Trinajstić information content (AvgIpc) is 2.10. The van der Waals surface area contributed by atoms with Gasteiger partial charge >= 0.3 is 0 Å². The van der Waals surface area contributed by atoms with Crippen molar-refractivity contribution < 1.29 is 9.84 Å². The van der Waals surface area contributed by atoms with E-state index in [2.05, 4.69) is 0 Å². The topological polar surface area (TPSA) is 29.5 Å². The molecule has 0 aliphatic rings. The van der Waals surface area contributed by atoms with Crippen molar-refractivity contribution in [3.05, 3.63) is 29.8 Å². The second-order valence-electron chi connectivity index (χ2n) is 2.57. The van der Waals surface area contributed by atoms with Gasteiger partial charge in [-0.25, -0.2) is 0 Å². The van der Waals surface area contributed by atoms with E-state index in [4.69, 9.17) is 17.7 Å². The Morgan fingerprint density at radius 1 is 1.42 bits per heavy atom. The van der Waals surface area contributed by atoms with Gasteiger partial charge in [0.1, 0.15) is 14.0 Å². The van der Waals surface area contributed by atoms with E-state index in [1.807, 2.05) is 12.1 Å². The number of aliphatic hydroxyl groups excluding tert-OH is 1. The highest BCUT2D eigenvalue weighted by Crippen LogP contribution is 2.13. The van der Waals surface area contributed by atoms with Gasteiger partial charge in [-0.2, -0.15) is 0 Å². The molecular weight excluding hydrogens is 151 g/mol. The Kier molecular flexibility index (Phi) is 3.32. The summed E-state index contributed by atoms with van der Waals surface area (Å²) in [4.78, 5) is 0. The molecule has 0 aliphatic heterocycles. The molecule has 0 bridgehead atoms. The van der Waals surface area contributed by atoms with Gasteiger partial charge < -0.3 is 9.84 Å². The molecule has 1 unspecified atom stereocenters. The summed E-state index contributed by atoms with van der Waals surface area (Å²) < 4.78 is 5.03. The van der Waals surface area contributed by atoms with Gasteiger partial charge in [0.15, 0.2) is 0 Å². The van der Waals surface area contributed by atoms with E-state index in [-0.39, 0.29) is 12.7 Å². The molecule has 1 N–H and O–H groups in total. The monoisotopic (exact) mass is 162 g/mol. The standard InChI is InChI=1S/C9H11BO2/c1-12-9(6-11)7-2-4-8(10)5-3-7/h2-5,9,11H,6H2,1H3. The highest BCUT2D eigenvalue weighted by Gasteiger charge is 2.06. The van der Waals surface area contributed by atoms with Crippen molar-refractivity contribution in [3.63, 3.8) is 0 Å². The van der Waals surface area contributed by atoms with Crippen LogP contribution in [0.2, 0.25) is 0 Å². The molecule has 3 heteroatoms. The van der Waals surface area contributed by atoms with Crippen LogP contribution in [0.4, 0.5) is 0 Å². The fourth-order valence-corrected chi connectivity index (χ4v) is 1.03. The minimum absolute atomic E-state index is 0.0135. The molecule has 0 amide bonds. The summed E-state index contributed by atoms with van der Waals surface area (Å²) in [6.45, 7) is -0.0135. The lowest BCUT2D eigenvalue weighted by atomic mass is 9.94. The fourth-order valence-electron chi connectivity index (χ4n) is 1.03. The molecule has 1 atom stereocenters. The molecule has 0 saturated carbocycles. The van der Waals surface area contributed by atoms with Crippen molar-refractivity contribution in [3.8, 4) is 0 Å². The Balaban J connectivity index is 2.80. The number of ether oxygens (including phenoxy) is 1. The van der Waals surface area contributed by atoms with Gasteiger partial charge in [0, 0.05) is 7.11 Å². The van der Waals surface area contributed by atoms with Gasteiger partial charge in [0.2, 0.25) is 0 Å². The summed E-state index contributed by atoms with van der Waals surface area (Å²) in [7, 11) is 7.07. The summed E-state index contributed by atoms with van der Waals surface area (Å²) in [6, 6.07) is 7.27. The molecule has 0 fully saturated rings.